The van der Waals surface area contributed by atoms with Gasteiger partial charge >= 0.3 is 5.97 Å². The van der Waals surface area contributed by atoms with Crippen LogP contribution >= 0.6 is 0 Å². The molecule has 2 aliphatic heterocycles. The fourth-order valence-corrected chi connectivity index (χ4v) is 5.09. The van der Waals surface area contributed by atoms with Crippen LogP contribution in [0.15, 0.2) is 82.4 Å². The Morgan fingerprint density at radius 3 is 1.76 bits per heavy atom. The Kier molecular flexibility index (Phi) is 3.26. The van der Waals surface area contributed by atoms with E-state index in [9.17, 15) is 14.4 Å². The van der Waals surface area contributed by atoms with E-state index < -0.39 is 22.7 Å². The first-order valence-electron chi connectivity index (χ1n) is 10.4. The van der Waals surface area contributed by atoms with E-state index in [1.54, 1.807) is 36.4 Å². The predicted octanol–water partition coefficient (Wildman–Crippen LogP) is 3.94. The molecule has 0 saturated heterocycles. The highest BCUT2D eigenvalue weighted by Gasteiger charge is 2.57. The molecule has 2 N–H and O–H groups in total. The number of benzene rings is 3. The SMILES string of the molecule is O=C1OC2(c3ccccc31)c1c(c3ccccc3[nH]c1=O)Oc1c2c(=O)[nH]c2ccccc12. The topological polar surface area (TPSA) is 101 Å². The summed E-state index contributed by atoms with van der Waals surface area (Å²) < 4.78 is 12.4. The average molecular weight is 434 g/mol. The van der Waals surface area contributed by atoms with Crippen LogP contribution in [0.25, 0.3) is 21.8 Å². The summed E-state index contributed by atoms with van der Waals surface area (Å²) in [5, 5.41) is 1.28. The minimum atomic E-state index is -1.74. The maximum absolute atomic E-state index is 13.5. The van der Waals surface area contributed by atoms with Crippen LogP contribution in [0.1, 0.15) is 27.0 Å². The van der Waals surface area contributed by atoms with Crippen molar-refractivity contribution in [2.24, 2.45) is 0 Å². The summed E-state index contributed by atoms with van der Waals surface area (Å²) in [4.78, 5) is 45.7. The van der Waals surface area contributed by atoms with Crippen molar-refractivity contribution in [2.75, 3.05) is 0 Å². The van der Waals surface area contributed by atoms with Gasteiger partial charge in [-0.25, -0.2) is 4.79 Å². The predicted molar refractivity (Wildman–Crippen MR) is 121 cm³/mol. The number of carbonyl (C=O) groups excluding carboxylic acids is 1. The molecule has 0 saturated carbocycles. The lowest BCUT2D eigenvalue weighted by atomic mass is 9.77. The molecular formula is C26H14N2O5. The lowest BCUT2D eigenvalue weighted by Crippen LogP contribution is -2.43. The lowest BCUT2D eigenvalue weighted by Gasteiger charge is -2.35. The van der Waals surface area contributed by atoms with Gasteiger partial charge in [-0.2, -0.15) is 0 Å². The zero-order valence-electron chi connectivity index (χ0n) is 17.0. The molecule has 0 aliphatic carbocycles. The first kappa shape index (κ1) is 18.0. The number of esters is 1. The third-order valence-corrected chi connectivity index (χ3v) is 6.43. The van der Waals surface area contributed by atoms with Crippen LogP contribution in [0.4, 0.5) is 0 Å². The van der Waals surface area contributed by atoms with Crippen LogP contribution in [-0.4, -0.2) is 15.9 Å². The fourth-order valence-electron chi connectivity index (χ4n) is 5.09. The van der Waals surface area contributed by atoms with Gasteiger partial charge in [0.2, 0.25) is 5.60 Å². The zero-order chi connectivity index (χ0) is 22.3. The summed E-state index contributed by atoms with van der Waals surface area (Å²) in [5.74, 6) is -0.0753. The Labute approximate surface area is 185 Å². The van der Waals surface area contributed by atoms with Gasteiger partial charge in [-0.05, 0) is 30.3 Å². The average Bonchev–Trinajstić information content (AvgIpc) is 3.11. The molecule has 0 atom stereocenters. The van der Waals surface area contributed by atoms with Crippen molar-refractivity contribution < 1.29 is 14.3 Å². The number of rotatable bonds is 0. The largest absolute Gasteiger partial charge is 0.455 e. The van der Waals surface area contributed by atoms with Gasteiger partial charge in [0.1, 0.15) is 22.6 Å². The molecule has 7 rings (SSSR count). The van der Waals surface area contributed by atoms with E-state index in [-0.39, 0.29) is 22.6 Å². The summed E-state index contributed by atoms with van der Waals surface area (Å²) in [6.45, 7) is 0. The Hall–Kier alpha value is -4.65. The number of carbonyl (C=O) groups is 1. The number of pyridine rings is 2. The summed E-state index contributed by atoms with van der Waals surface area (Å²) in [6.07, 6.45) is 0. The van der Waals surface area contributed by atoms with E-state index in [4.69, 9.17) is 9.47 Å². The molecule has 1 spiro atoms. The number of hydrogen-bond acceptors (Lipinski definition) is 5. The van der Waals surface area contributed by atoms with Crippen LogP contribution < -0.4 is 15.9 Å². The molecule has 7 heteroatoms. The Bertz CT molecular complexity index is 1700. The number of H-pyrrole nitrogens is 2. The molecule has 0 fully saturated rings. The number of para-hydroxylation sites is 2. The highest BCUT2D eigenvalue weighted by atomic mass is 16.6. The minimum Gasteiger partial charge on any atom is -0.455 e. The molecule has 33 heavy (non-hydrogen) atoms. The summed E-state index contributed by atoms with van der Waals surface area (Å²) in [6, 6.07) is 21.3. The van der Waals surface area contributed by atoms with E-state index in [1.165, 1.54) is 0 Å². The molecule has 7 nitrogen and oxygen atoms in total. The first-order valence-corrected chi connectivity index (χ1v) is 10.4. The van der Waals surface area contributed by atoms with Crippen LogP contribution in [0.5, 0.6) is 11.5 Å². The van der Waals surface area contributed by atoms with Crippen molar-refractivity contribution in [1.82, 2.24) is 9.97 Å². The van der Waals surface area contributed by atoms with Gasteiger partial charge in [-0.15, -0.1) is 0 Å². The van der Waals surface area contributed by atoms with Gasteiger partial charge in [-0.1, -0.05) is 42.5 Å². The molecule has 5 aromatic rings. The van der Waals surface area contributed by atoms with Crippen LogP contribution in [-0.2, 0) is 10.3 Å². The Morgan fingerprint density at radius 1 is 0.636 bits per heavy atom. The third-order valence-electron chi connectivity index (χ3n) is 6.43. The minimum absolute atomic E-state index is 0.0766. The van der Waals surface area contributed by atoms with Gasteiger partial charge in [0.25, 0.3) is 11.1 Å². The van der Waals surface area contributed by atoms with Crippen molar-refractivity contribution in [3.63, 3.8) is 0 Å². The smallest absolute Gasteiger partial charge is 0.340 e. The van der Waals surface area contributed by atoms with Gasteiger partial charge in [-0.3, -0.25) is 9.59 Å². The molecule has 0 amide bonds. The number of fused-ring (bicyclic) bond motifs is 10. The normalized spacial score (nSPS) is 15.1. The number of aromatic nitrogens is 2. The van der Waals surface area contributed by atoms with Gasteiger partial charge in [0.05, 0.1) is 16.6 Å². The number of nitrogens with one attached hydrogen (secondary N) is 2. The molecular weight excluding hydrogens is 420 g/mol. The van der Waals surface area contributed by atoms with Crippen molar-refractivity contribution >= 4 is 27.8 Å². The van der Waals surface area contributed by atoms with Crippen molar-refractivity contribution in [1.29, 1.82) is 0 Å². The van der Waals surface area contributed by atoms with E-state index in [0.29, 0.717) is 32.9 Å². The lowest BCUT2D eigenvalue weighted by molar-refractivity contribution is 0.0217. The maximum Gasteiger partial charge on any atom is 0.340 e. The van der Waals surface area contributed by atoms with Gasteiger partial charge in [0.15, 0.2) is 0 Å². The van der Waals surface area contributed by atoms with Crippen LogP contribution in [0, 0.1) is 0 Å². The first-order chi connectivity index (χ1) is 16.1. The summed E-state index contributed by atoms with van der Waals surface area (Å²) in [5.41, 5.74) is -0.693. The molecule has 2 aromatic heterocycles. The second kappa shape index (κ2) is 5.98. The highest BCUT2D eigenvalue weighted by molar-refractivity contribution is 5.99. The van der Waals surface area contributed by atoms with Crippen LogP contribution in [0.2, 0.25) is 0 Å². The molecule has 2 aliphatic rings. The molecule has 0 bridgehead atoms. The van der Waals surface area contributed by atoms with E-state index in [0.717, 1.165) is 0 Å². The van der Waals surface area contributed by atoms with E-state index >= 15 is 0 Å². The molecule has 3 aromatic carbocycles. The molecule has 4 heterocycles. The summed E-state index contributed by atoms with van der Waals surface area (Å²) in [7, 11) is 0. The van der Waals surface area contributed by atoms with Crippen molar-refractivity contribution in [3.8, 4) is 11.5 Å². The monoisotopic (exact) mass is 434 g/mol. The second-order valence-electron chi connectivity index (χ2n) is 8.13. The number of ether oxygens (including phenoxy) is 2. The van der Waals surface area contributed by atoms with Gasteiger partial charge in [0, 0.05) is 16.3 Å². The number of aromatic amines is 2. The van der Waals surface area contributed by atoms with Crippen molar-refractivity contribution in [2.45, 2.75) is 5.60 Å². The maximum atomic E-state index is 13.5. The van der Waals surface area contributed by atoms with Crippen molar-refractivity contribution in [3.05, 3.63) is 116 Å². The summed E-state index contributed by atoms with van der Waals surface area (Å²) >= 11 is 0. The van der Waals surface area contributed by atoms with Gasteiger partial charge < -0.3 is 19.4 Å². The zero-order valence-corrected chi connectivity index (χ0v) is 17.0. The Balaban J connectivity index is 1.76. The molecule has 158 valence electrons. The molecule has 0 unspecified atom stereocenters. The fraction of sp³-hybridized carbons (Fsp3) is 0.0385. The molecule has 0 radical (unpaired) electrons. The number of hydrogen-bond donors (Lipinski definition) is 2. The second-order valence-corrected chi connectivity index (χ2v) is 8.13. The van der Waals surface area contributed by atoms with E-state index in [2.05, 4.69) is 9.97 Å². The highest BCUT2D eigenvalue weighted by Crippen LogP contribution is 2.56. The Morgan fingerprint density at radius 2 is 1.15 bits per heavy atom. The van der Waals surface area contributed by atoms with E-state index in [1.807, 2.05) is 36.4 Å². The quantitative estimate of drug-likeness (QED) is 0.360. The third kappa shape index (κ3) is 2.11. The standard InChI is InChI=1S/C26H14N2O5/c29-23-19-21(14-8-2-5-11-17(14)27-23)32-22-15-9-3-6-12-18(15)28-24(30)20(22)26(19)16-10-4-1-7-13(16)25(31)33-26/h1-12H,(H,27,29)(H,28,30). The van der Waals surface area contributed by atoms with Crippen LogP contribution in [0.3, 0.4) is 0 Å².